The van der Waals surface area contributed by atoms with E-state index in [-0.39, 0.29) is 17.8 Å². The SMILES string of the molecule is CCC(=S)NC[C@H]1CN(c2ccc(N3CCN(C(=O)C(C(C)=O)c4ccccc4)CC3)c(F)c2)C(=O)O1. The lowest BCUT2D eigenvalue weighted by Crippen LogP contribution is -2.51. The number of nitrogens with one attached hydrogen (secondary N) is 1. The number of anilines is 2. The van der Waals surface area contributed by atoms with Crippen molar-refractivity contribution >= 4 is 46.4 Å². The average molecular weight is 527 g/mol. The fourth-order valence-electron chi connectivity index (χ4n) is 4.66. The van der Waals surface area contributed by atoms with E-state index in [0.717, 1.165) is 0 Å². The van der Waals surface area contributed by atoms with Gasteiger partial charge in [0.1, 0.15) is 23.6 Å². The Balaban J connectivity index is 1.37. The number of amides is 2. The Labute approximate surface area is 221 Å². The van der Waals surface area contributed by atoms with Crippen molar-refractivity contribution in [2.45, 2.75) is 32.3 Å². The van der Waals surface area contributed by atoms with Gasteiger partial charge >= 0.3 is 6.09 Å². The zero-order valence-corrected chi connectivity index (χ0v) is 21.8. The standard InChI is InChI=1S/C27H31FN4O4S/c1-3-24(37)29-16-21-17-32(27(35)36-21)20-9-10-23(22(28)15-20)30-11-13-31(14-12-30)26(34)25(18(2)33)19-7-5-4-6-8-19/h4-10,15,21,25H,3,11-14,16-17H2,1-2H3,(H,29,37)/t21-,25?/m0/s1. The first-order valence-corrected chi connectivity index (χ1v) is 12.8. The molecule has 0 bridgehead atoms. The second-order valence-electron chi connectivity index (χ2n) is 9.18. The van der Waals surface area contributed by atoms with Gasteiger partial charge in [-0.15, -0.1) is 0 Å². The van der Waals surface area contributed by atoms with Crippen molar-refractivity contribution in [1.29, 1.82) is 0 Å². The van der Waals surface area contributed by atoms with E-state index < -0.39 is 17.8 Å². The molecule has 37 heavy (non-hydrogen) atoms. The number of ether oxygens (including phenoxy) is 1. The molecule has 4 rings (SSSR count). The molecule has 2 amide bonds. The minimum Gasteiger partial charge on any atom is -0.442 e. The van der Waals surface area contributed by atoms with Crippen LogP contribution < -0.4 is 15.1 Å². The number of Topliss-reactive ketones (excluding diaryl/α,β-unsaturated/α-hetero) is 1. The molecule has 2 aromatic rings. The summed E-state index contributed by atoms with van der Waals surface area (Å²) in [5, 5.41) is 3.06. The molecule has 0 saturated carbocycles. The summed E-state index contributed by atoms with van der Waals surface area (Å²) in [7, 11) is 0. The summed E-state index contributed by atoms with van der Waals surface area (Å²) in [6.07, 6.45) is -0.189. The van der Waals surface area contributed by atoms with Crippen LogP contribution in [-0.2, 0) is 14.3 Å². The molecule has 196 valence electrons. The fourth-order valence-corrected chi connectivity index (χ4v) is 4.74. The summed E-state index contributed by atoms with van der Waals surface area (Å²) in [6, 6.07) is 13.7. The molecule has 2 aromatic carbocycles. The molecule has 2 atom stereocenters. The van der Waals surface area contributed by atoms with Crippen LogP contribution in [0.3, 0.4) is 0 Å². The van der Waals surface area contributed by atoms with E-state index in [0.29, 0.717) is 67.6 Å². The van der Waals surface area contributed by atoms with Crippen LogP contribution in [0.15, 0.2) is 48.5 Å². The first-order chi connectivity index (χ1) is 17.8. The Hall–Kier alpha value is -3.53. The molecule has 0 aliphatic carbocycles. The monoisotopic (exact) mass is 526 g/mol. The number of cyclic esters (lactones) is 1. The van der Waals surface area contributed by atoms with E-state index in [4.69, 9.17) is 17.0 Å². The van der Waals surface area contributed by atoms with E-state index in [1.165, 1.54) is 17.9 Å². The van der Waals surface area contributed by atoms with Gasteiger partial charge < -0.3 is 19.9 Å². The number of halogens is 1. The number of ketones is 1. The third kappa shape index (κ3) is 6.07. The minimum absolute atomic E-state index is 0.202. The zero-order valence-electron chi connectivity index (χ0n) is 21.0. The third-order valence-corrected chi connectivity index (χ3v) is 7.12. The van der Waals surface area contributed by atoms with Gasteiger partial charge in [-0.1, -0.05) is 49.5 Å². The number of rotatable bonds is 8. The van der Waals surface area contributed by atoms with Crippen molar-refractivity contribution in [2.75, 3.05) is 49.1 Å². The van der Waals surface area contributed by atoms with E-state index in [9.17, 15) is 14.4 Å². The van der Waals surface area contributed by atoms with Crippen LogP contribution in [0.25, 0.3) is 0 Å². The topological polar surface area (TPSA) is 82.2 Å². The number of piperazine rings is 1. The quantitative estimate of drug-likeness (QED) is 0.417. The van der Waals surface area contributed by atoms with Crippen LogP contribution in [0.1, 0.15) is 31.7 Å². The summed E-state index contributed by atoms with van der Waals surface area (Å²) >= 11 is 5.15. The zero-order chi connectivity index (χ0) is 26.5. The Morgan fingerprint density at radius 2 is 1.84 bits per heavy atom. The predicted octanol–water partition coefficient (Wildman–Crippen LogP) is 3.50. The number of hydrogen-bond acceptors (Lipinski definition) is 6. The molecule has 2 aliphatic heterocycles. The van der Waals surface area contributed by atoms with Gasteiger partial charge in [0.15, 0.2) is 0 Å². The van der Waals surface area contributed by atoms with Crippen molar-refractivity contribution in [3.63, 3.8) is 0 Å². The van der Waals surface area contributed by atoms with Crippen molar-refractivity contribution in [2.24, 2.45) is 0 Å². The van der Waals surface area contributed by atoms with Crippen LogP contribution in [-0.4, -0.2) is 73.0 Å². The molecular formula is C27H31FN4O4S. The Bertz CT molecular complexity index is 1170. The molecule has 2 saturated heterocycles. The first-order valence-electron chi connectivity index (χ1n) is 12.4. The number of thiocarbonyl (C=S) groups is 1. The summed E-state index contributed by atoms with van der Waals surface area (Å²) in [6.45, 7) is 5.70. The summed E-state index contributed by atoms with van der Waals surface area (Å²) in [4.78, 5) is 43.4. The van der Waals surface area contributed by atoms with Crippen LogP contribution in [0.5, 0.6) is 0 Å². The maximum atomic E-state index is 15.1. The Morgan fingerprint density at radius 3 is 2.46 bits per heavy atom. The molecule has 2 heterocycles. The third-order valence-electron chi connectivity index (χ3n) is 6.68. The first kappa shape index (κ1) is 26.5. The summed E-state index contributed by atoms with van der Waals surface area (Å²) in [5.74, 6) is -1.72. The van der Waals surface area contributed by atoms with E-state index in [1.807, 2.05) is 30.0 Å². The number of carbonyl (C=O) groups is 3. The minimum atomic E-state index is -0.833. The van der Waals surface area contributed by atoms with Crippen LogP contribution in [0.4, 0.5) is 20.6 Å². The van der Waals surface area contributed by atoms with Crippen molar-refractivity contribution in [3.05, 3.63) is 59.9 Å². The van der Waals surface area contributed by atoms with Crippen molar-refractivity contribution < 1.29 is 23.5 Å². The van der Waals surface area contributed by atoms with Gasteiger partial charge in [0, 0.05) is 26.2 Å². The van der Waals surface area contributed by atoms with Crippen molar-refractivity contribution in [1.82, 2.24) is 10.2 Å². The van der Waals surface area contributed by atoms with Crippen LogP contribution >= 0.6 is 12.2 Å². The second-order valence-corrected chi connectivity index (χ2v) is 9.67. The van der Waals surface area contributed by atoms with Gasteiger partial charge in [0.05, 0.1) is 29.5 Å². The molecule has 1 N–H and O–H groups in total. The second kappa shape index (κ2) is 11.7. The van der Waals surface area contributed by atoms with Gasteiger partial charge in [0.25, 0.3) is 0 Å². The molecule has 1 unspecified atom stereocenters. The molecule has 2 fully saturated rings. The van der Waals surface area contributed by atoms with Gasteiger partial charge in [-0.25, -0.2) is 9.18 Å². The van der Waals surface area contributed by atoms with Gasteiger partial charge in [0.2, 0.25) is 5.91 Å². The van der Waals surface area contributed by atoms with E-state index >= 15 is 4.39 Å². The lowest BCUT2D eigenvalue weighted by molar-refractivity contribution is -0.137. The summed E-state index contributed by atoms with van der Waals surface area (Å²) in [5.41, 5.74) is 1.50. The average Bonchev–Trinajstić information content (AvgIpc) is 3.28. The van der Waals surface area contributed by atoms with E-state index in [2.05, 4.69) is 5.32 Å². The Kier molecular flexibility index (Phi) is 8.38. The largest absolute Gasteiger partial charge is 0.442 e. The summed E-state index contributed by atoms with van der Waals surface area (Å²) < 4.78 is 20.5. The lowest BCUT2D eigenvalue weighted by atomic mass is 9.93. The highest BCUT2D eigenvalue weighted by molar-refractivity contribution is 7.80. The predicted molar refractivity (Wildman–Crippen MR) is 144 cm³/mol. The molecule has 10 heteroatoms. The Morgan fingerprint density at radius 1 is 1.14 bits per heavy atom. The number of hydrogen-bond donors (Lipinski definition) is 1. The normalized spacial score (nSPS) is 18.4. The van der Waals surface area contributed by atoms with Crippen LogP contribution in [0, 0.1) is 5.82 Å². The number of benzene rings is 2. The van der Waals surface area contributed by atoms with Crippen molar-refractivity contribution in [3.8, 4) is 0 Å². The molecule has 0 radical (unpaired) electrons. The highest BCUT2D eigenvalue weighted by Crippen LogP contribution is 2.29. The maximum absolute atomic E-state index is 15.1. The highest BCUT2D eigenvalue weighted by atomic mass is 32.1. The molecular weight excluding hydrogens is 495 g/mol. The molecule has 2 aliphatic rings. The molecule has 0 spiro atoms. The molecule has 8 nitrogen and oxygen atoms in total. The van der Waals surface area contributed by atoms with Crippen LogP contribution in [0.2, 0.25) is 0 Å². The number of nitrogens with zero attached hydrogens (tertiary/aromatic N) is 3. The van der Waals surface area contributed by atoms with Gasteiger partial charge in [-0.2, -0.15) is 0 Å². The highest BCUT2D eigenvalue weighted by Gasteiger charge is 2.34. The fraction of sp³-hybridized carbons (Fsp3) is 0.407. The van der Waals surface area contributed by atoms with E-state index in [1.54, 1.807) is 29.2 Å². The lowest BCUT2D eigenvalue weighted by Gasteiger charge is -2.37. The van der Waals surface area contributed by atoms with Gasteiger partial charge in [-0.3, -0.25) is 14.5 Å². The van der Waals surface area contributed by atoms with Gasteiger partial charge in [-0.05, 0) is 37.1 Å². The number of carbonyl (C=O) groups excluding carboxylic acids is 3. The molecule has 0 aromatic heterocycles. The maximum Gasteiger partial charge on any atom is 0.414 e. The smallest absolute Gasteiger partial charge is 0.414 e.